The van der Waals surface area contributed by atoms with Crippen LogP contribution in [0.3, 0.4) is 0 Å². The zero-order valence-electron chi connectivity index (χ0n) is 12.6. The molecule has 1 aromatic carbocycles. The van der Waals surface area contributed by atoms with Crippen LogP contribution in [-0.2, 0) is 0 Å². The number of rotatable bonds is 2. The number of piperidine rings is 1. The molecule has 114 valence electrons. The largest absolute Gasteiger partial charge is 0.339 e. The normalized spacial score (nSPS) is 21.0. The maximum Gasteiger partial charge on any atom is 0.253 e. The molecule has 0 aliphatic carbocycles. The van der Waals surface area contributed by atoms with Crippen molar-refractivity contribution in [2.24, 2.45) is 0 Å². The van der Waals surface area contributed by atoms with E-state index in [0.29, 0.717) is 6.04 Å². The lowest BCUT2D eigenvalue weighted by molar-refractivity contribution is 0.0644. The molecular weight excluding hydrogens is 328 g/mol. The minimum absolute atomic E-state index is 0.180. The fourth-order valence-electron chi connectivity index (χ4n) is 3.58. The zero-order chi connectivity index (χ0) is 14.8. The highest BCUT2D eigenvalue weighted by Gasteiger charge is 2.28. The van der Waals surface area contributed by atoms with E-state index in [0.717, 1.165) is 41.5 Å². The summed E-state index contributed by atoms with van der Waals surface area (Å²) in [7, 11) is 0. The Bertz CT molecular complexity index is 497. The van der Waals surface area contributed by atoms with E-state index >= 15 is 0 Å². The fourth-order valence-corrected chi connectivity index (χ4v) is 4.19. The van der Waals surface area contributed by atoms with Crippen LogP contribution in [0.25, 0.3) is 0 Å². The molecule has 21 heavy (non-hydrogen) atoms. The Balaban J connectivity index is 1.62. The molecule has 2 saturated heterocycles. The quantitative estimate of drug-likeness (QED) is 0.815. The Hall–Kier alpha value is -0.870. The van der Waals surface area contributed by atoms with Gasteiger partial charge in [-0.3, -0.25) is 4.79 Å². The molecule has 3 nitrogen and oxygen atoms in total. The predicted molar refractivity (Wildman–Crippen MR) is 88.6 cm³/mol. The summed E-state index contributed by atoms with van der Waals surface area (Å²) in [4.78, 5) is 17.3. The monoisotopic (exact) mass is 350 g/mol. The standard InChI is InChI=1S/C17H23BrN2O/c1-13-10-14(12-15(18)11-13)17(21)20-8-4-16(5-9-20)19-6-2-3-7-19/h10-12,16H,2-9H2,1H3. The van der Waals surface area contributed by atoms with Gasteiger partial charge in [0.05, 0.1) is 0 Å². The first-order chi connectivity index (χ1) is 10.1. The molecule has 4 heteroatoms. The summed E-state index contributed by atoms with van der Waals surface area (Å²) in [5.74, 6) is 0.180. The van der Waals surface area contributed by atoms with Crippen LogP contribution in [0.15, 0.2) is 22.7 Å². The first kappa shape index (κ1) is 15.0. The van der Waals surface area contributed by atoms with E-state index in [9.17, 15) is 4.79 Å². The molecule has 1 aromatic rings. The van der Waals surface area contributed by atoms with Gasteiger partial charge in [0.25, 0.3) is 5.91 Å². The molecule has 0 radical (unpaired) electrons. The molecule has 2 aliphatic rings. The minimum atomic E-state index is 0.180. The van der Waals surface area contributed by atoms with E-state index in [-0.39, 0.29) is 5.91 Å². The van der Waals surface area contributed by atoms with Crippen LogP contribution in [0.2, 0.25) is 0 Å². The van der Waals surface area contributed by atoms with Crippen molar-refractivity contribution in [3.8, 4) is 0 Å². The van der Waals surface area contributed by atoms with Crippen molar-refractivity contribution in [1.82, 2.24) is 9.80 Å². The summed E-state index contributed by atoms with van der Waals surface area (Å²) in [6, 6.07) is 6.65. The highest BCUT2D eigenvalue weighted by molar-refractivity contribution is 9.10. The minimum Gasteiger partial charge on any atom is -0.339 e. The van der Waals surface area contributed by atoms with E-state index in [2.05, 4.69) is 20.8 Å². The number of carbonyl (C=O) groups is 1. The number of carbonyl (C=O) groups excluding carboxylic acids is 1. The third kappa shape index (κ3) is 3.49. The van der Waals surface area contributed by atoms with Gasteiger partial charge in [0, 0.05) is 29.2 Å². The van der Waals surface area contributed by atoms with Gasteiger partial charge in [-0.25, -0.2) is 0 Å². The highest BCUT2D eigenvalue weighted by Crippen LogP contribution is 2.23. The average Bonchev–Trinajstić information content (AvgIpc) is 3.00. The summed E-state index contributed by atoms with van der Waals surface area (Å²) >= 11 is 3.48. The number of nitrogens with zero attached hydrogens (tertiary/aromatic N) is 2. The number of hydrogen-bond acceptors (Lipinski definition) is 2. The first-order valence-electron chi connectivity index (χ1n) is 7.94. The zero-order valence-corrected chi connectivity index (χ0v) is 14.2. The van der Waals surface area contributed by atoms with Gasteiger partial charge in [-0.1, -0.05) is 15.9 Å². The van der Waals surface area contributed by atoms with Crippen molar-refractivity contribution >= 4 is 21.8 Å². The maximum atomic E-state index is 12.6. The Morgan fingerprint density at radius 2 is 1.76 bits per heavy atom. The molecule has 2 heterocycles. The molecule has 1 amide bonds. The molecular formula is C17H23BrN2O. The Morgan fingerprint density at radius 1 is 1.10 bits per heavy atom. The van der Waals surface area contributed by atoms with E-state index in [1.165, 1.54) is 25.9 Å². The lowest BCUT2D eigenvalue weighted by Crippen LogP contribution is -2.45. The van der Waals surface area contributed by atoms with E-state index in [4.69, 9.17) is 0 Å². The second-order valence-electron chi connectivity index (χ2n) is 6.28. The van der Waals surface area contributed by atoms with Gasteiger partial charge in [0.2, 0.25) is 0 Å². The van der Waals surface area contributed by atoms with Crippen molar-refractivity contribution in [1.29, 1.82) is 0 Å². The van der Waals surface area contributed by atoms with Crippen LogP contribution < -0.4 is 0 Å². The number of hydrogen-bond donors (Lipinski definition) is 0. The topological polar surface area (TPSA) is 23.6 Å². The van der Waals surface area contributed by atoms with Crippen LogP contribution >= 0.6 is 15.9 Å². The van der Waals surface area contributed by atoms with Crippen molar-refractivity contribution in [2.45, 2.75) is 38.6 Å². The Morgan fingerprint density at radius 3 is 2.38 bits per heavy atom. The van der Waals surface area contributed by atoms with E-state index < -0.39 is 0 Å². The number of halogens is 1. The lowest BCUT2D eigenvalue weighted by Gasteiger charge is -2.36. The summed E-state index contributed by atoms with van der Waals surface area (Å²) < 4.78 is 0.984. The van der Waals surface area contributed by atoms with Crippen molar-refractivity contribution in [2.75, 3.05) is 26.2 Å². The second kappa shape index (κ2) is 6.49. The number of aryl methyl sites for hydroxylation is 1. The van der Waals surface area contributed by atoms with Gasteiger partial charge in [-0.05, 0) is 69.5 Å². The molecule has 2 fully saturated rings. The van der Waals surface area contributed by atoms with Crippen LogP contribution in [0.1, 0.15) is 41.6 Å². The van der Waals surface area contributed by atoms with Crippen LogP contribution in [0, 0.1) is 6.92 Å². The van der Waals surface area contributed by atoms with Gasteiger partial charge in [-0.15, -0.1) is 0 Å². The summed E-state index contributed by atoms with van der Waals surface area (Å²) in [5, 5.41) is 0. The Kier molecular flexibility index (Phi) is 4.65. The van der Waals surface area contributed by atoms with Crippen molar-refractivity contribution < 1.29 is 4.79 Å². The summed E-state index contributed by atoms with van der Waals surface area (Å²) in [6.07, 6.45) is 4.93. The molecule has 3 rings (SSSR count). The maximum absolute atomic E-state index is 12.6. The summed E-state index contributed by atoms with van der Waals surface area (Å²) in [5.41, 5.74) is 1.93. The second-order valence-corrected chi connectivity index (χ2v) is 7.20. The van der Waals surface area contributed by atoms with Gasteiger partial charge < -0.3 is 9.80 Å². The predicted octanol–water partition coefficient (Wildman–Crippen LogP) is 3.46. The number of amides is 1. The SMILES string of the molecule is Cc1cc(Br)cc(C(=O)N2CCC(N3CCCC3)CC2)c1. The third-order valence-corrected chi connectivity index (χ3v) is 5.16. The van der Waals surface area contributed by atoms with Crippen LogP contribution in [-0.4, -0.2) is 47.9 Å². The molecule has 0 N–H and O–H groups in total. The van der Waals surface area contributed by atoms with Crippen LogP contribution in [0.5, 0.6) is 0 Å². The Labute approximate surface area is 135 Å². The molecule has 0 spiro atoms. The lowest BCUT2D eigenvalue weighted by atomic mass is 10.0. The van der Waals surface area contributed by atoms with Gasteiger partial charge in [0.1, 0.15) is 0 Å². The van der Waals surface area contributed by atoms with Crippen molar-refractivity contribution in [3.05, 3.63) is 33.8 Å². The number of benzene rings is 1. The first-order valence-corrected chi connectivity index (χ1v) is 8.73. The van der Waals surface area contributed by atoms with Gasteiger partial charge >= 0.3 is 0 Å². The van der Waals surface area contributed by atoms with Gasteiger partial charge in [0.15, 0.2) is 0 Å². The summed E-state index contributed by atoms with van der Waals surface area (Å²) in [6.45, 7) is 6.32. The highest BCUT2D eigenvalue weighted by atomic mass is 79.9. The fraction of sp³-hybridized carbons (Fsp3) is 0.588. The number of likely N-dealkylation sites (tertiary alicyclic amines) is 2. The third-order valence-electron chi connectivity index (χ3n) is 4.70. The van der Waals surface area contributed by atoms with E-state index in [1.807, 2.05) is 30.0 Å². The molecule has 0 aromatic heterocycles. The molecule has 0 saturated carbocycles. The molecule has 0 atom stereocenters. The average molecular weight is 351 g/mol. The van der Waals surface area contributed by atoms with Gasteiger partial charge in [-0.2, -0.15) is 0 Å². The molecule has 0 unspecified atom stereocenters. The molecule has 2 aliphatic heterocycles. The van der Waals surface area contributed by atoms with Crippen LogP contribution in [0.4, 0.5) is 0 Å². The van der Waals surface area contributed by atoms with Crippen molar-refractivity contribution in [3.63, 3.8) is 0 Å². The molecule has 0 bridgehead atoms. The smallest absolute Gasteiger partial charge is 0.253 e. The van der Waals surface area contributed by atoms with E-state index in [1.54, 1.807) is 0 Å².